The van der Waals surface area contributed by atoms with Crippen LogP contribution in [0, 0.1) is 0 Å². The highest BCUT2D eigenvalue weighted by Gasteiger charge is 2.39. The zero-order chi connectivity index (χ0) is 17.8. The Balaban J connectivity index is 1.77. The smallest absolute Gasteiger partial charge is 0.272 e. The van der Waals surface area contributed by atoms with Crippen molar-refractivity contribution in [2.24, 2.45) is 0 Å². The minimum absolute atomic E-state index is 0.180. The molecule has 1 amide bonds. The summed E-state index contributed by atoms with van der Waals surface area (Å²) in [6.07, 6.45) is 2.90. The molecule has 0 spiro atoms. The lowest BCUT2D eigenvalue weighted by molar-refractivity contribution is -0.147. The largest absolute Gasteiger partial charge is 0.376 e. The molecule has 0 aliphatic carbocycles. The Morgan fingerprint density at radius 2 is 2.04 bits per heavy atom. The highest BCUT2D eigenvalue weighted by molar-refractivity contribution is 5.93. The molecule has 3 heterocycles. The summed E-state index contributed by atoms with van der Waals surface area (Å²) in [5.41, 5.74) is 1.99. The Labute approximate surface area is 146 Å². The van der Waals surface area contributed by atoms with E-state index in [0.29, 0.717) is 24.6 Å². The van der Waals surface area contributed by atoms with Crippen LogP contribution in [0.1, 0.15) is 10.5 Å². The number of methoxy groups -OCH3 is 2. The van der Waals surface area contributed by atoms with Crippen molar-refractivity contribution in [3.8, 4) is 11.3 Å². The Morgan fingerprint density at radius 1 is 1.28 bits per heavy atom. The Morgan fingerprint density at radius 3 is 2.72 bits per heavy atom. The highest BCUT2D eigenvalue weighted by Crippen LogP contribution is 2.21. The Bertz CT molecular complexity index is 706. The summed E-state index contributed by atoms with van der Waals surface area (Å²) in [5.74, 6) is -0.180. The standard InChI is InChI=1S/C17H22N4O4/c1-21(14-9-25-10-15(23-2)16(14)24-3)17(22)13-8-12(19-20-13)11-4-6-18-7-5-11/h4-8,14-16H,9-10H2,1-3H3,(H,19,20)/t14-,15-,16+/m1/s1. The van der Waals surface area contributed by atoms with E-state index < -0.39 is 0 Å². The lowest BCUT2D eigenvalue weighted by atomic mass is 10.0. The molecule has 25 heavy (non-hydrogen) atoms. The third-order valence-corrected chi connectivity index (χ3v) is 4.49. The second kappa shape index (κ2) is 7.73. The van der Waals surface area contributed by atoms with E-state index in [-0.39, 0.29) is 24.2 Å². The number of hydrogen-bond acceptors (Lipinski definition) is 6. The number of hydrogen-bond donors (Lipinski definition) is 1. The van der Waals surface area contributed by atoms with E-state index in [4.69, 9.17) is 14.2 Å². The van der Waals surface area contributed by atoms with Crippen LogP contribution in [0.15, 0.2) is 30.6 Å². The molecule has 0 radical (unpaired) electrons. The summed E-state index contributed by atoms with van der Waals surface area (Å²) >= 11 is 0. The molecule has 0 aromatic carbocycles. The molecule has 1 aliphatic heterocycles. The predicted octanol–water partition coefficient (Wildman–Crippen LogP) is 0.972. The number of nitrogens with zero attached hydrogens (tertiary/aromatic N) is 3. The number of likely N-dealkylation sites (N-methyl/N-ethyl adjacent to an activating group) is 1. The van der Waals surface area contributed by atoms with Gasteiger partial charge in [0.2, 0.25) is 0 Å². The molecule has 0 bridgehead atoms. The van der Waals surface area contributed by atoms with Crippen LogP contribution in [0.2, 0.25) is 0 Å². The number of aromatic nitrogens is 3. The molecule has 0 unspecified atom stereocenters. The molecule has 0 saturated carbocycles. The zero-order valence-corrected chi connectivity index (χ0v) is 14.5. The van der Waals surface area contributed by atoms with Crippen LogP contribution in [0.5, 0.6) is 0 Å². The van der Waals surface area contributed by atoms with E-state index in [9.17, 15) is 4.79 Å². The van der Waals surface area contributed by atoms with Crippen LogP contribution >= 0.6 is 0 Å². The van der Waals surface area contributed by atoms with Crippen molar-refractivity contribution in [2.75, 3.05) is 34.5 Å². The van der Waals surface area contributed by atoms with Gasteiger partial charge in [0.25, 0.3) is 5.91 Å². The van der Waals surface area contributed by atoms with Gasteiger partial charge in [-0.25, -0.2) is 0 Å². The van der Waals surface area contributed by atoms with Gasteiger partial charge in [-0.2, -0.15) is 5.10 Å². The highest BCUT2D eigenvalue weighted by atomic mass is 16.6. The molecule has 1 fully saturated rings. The molecule has 1 saturated heterocycles. The zero-order valence-electron chi connectivity index (χ0n) is 14.5. The minimum Gasteiger partial charge on any atom is -0.376 e. The van der Waals surface area contributed by atoms with Crippen LogP contribution in [0.25, 0.3) is 11.3 Å². The molecule has 3 rings (SSSR count). The van der Waals surface area contributed by atoms with E-state index >= 15 is 0 Å². The van der Waals surface area contributed by atoms with Crippen molar-refractivity contribution in [3.05, 3.63) is 36.3 Å². The number of nitrogens with one attached hydrogen (secondary N) is 1. The summed E-state index contributed by atoms with van der Waals surface area (Å²) in [6.45, 7) is 0.843. The number of H-pyrrole nitrogens is 1. The normalized spacial score (nSPS) is 23.4. The van der Waals surface area contributed by atoms with Crippen molar-refractivity contribution in [1.29, 1.82) is 0 Å². The van der Waals surface area contributed by atoms with Crippen molar-refractivity contribution < 1.29 is 19.0 Å². The molecule has 8 heteroatoms. The molecule has 3 atom stereocenters. The monoisotopic (exact) mass is 346 g/mol. The molecule has 134 valence electrons. The van der Waals surface area contributed by atoms with Crippen molar-refractivity contribution in [3.63, 3.8) is 0 Å². The number of pyridine rings is 1. The number of ether oxygens (including phenoxy) is 3. The maximum absolute atomic E-state index is 12.8. The van der Waals surface area contributed by atoms with E-state index in [1.807, 2.05) is 12.1 Å². The second-order valence-corrected chi connectivity index (χ2v) is 5.90. The first kappa shape index (κ1) is 17.5. The molecule has 2 aromatic heterocycles. The van der Waals surface area contributed by atoms with Gasteiger partial charge < -0.3 is 19.1 Å². The van der Waals surface area contributed by atoms with Crippen molar-refractivity contribution >= 4 is 5.91 Å². The lowest BCUT2D eigenvalue weighted by Crippen LogP contribution is -2.57. The van der Waals surface area contributed by atoms with Crippen LogP contribution in [0.4, 0.5) is 0 Å². The maximum atomic E-state index is 12.8. The van der Waals surface area contributed by atoms with Gasteiger partial charge in [-0.1, -0.05) is 0 Å². The predicted molar refractivity (Wildman–Crippen MR) is 90.1 cm³/mol. The Kier molecular flexibility index (Phi) is 5.42. The third kappa shape index (κ3) is 3.55. The third-order valence-electron chi connectivity index (χ3n) is 4.49. The quantitative estimate of drug-likeness (QED) is 0.868. The van der Waals surface area contributed by atoms with Crippen molar-refractivity contribution in [2.45, 2.75) is 18.2 Å². The summed E-state index contributed by atoms with van der Waals surface area (Å²) in [4.78, 5) is 18.4. The Hall–Kier alpha value is -2.29. The average Bonchev–Trinajstić information content (AvgIpc) is 3.17. The SMILES string of the molecule is CO[C@H]1[C@H](N(C)C(=O)c2cc(-c3ccncc3)n[nH]2)COC[C@H]1OC. The van der Waals surface area contributed by atoms with E-state index in [1.165, 1.54) is 0 Å². The van der Waals surface area contributed by atoms with Gasteiger partial charge in [0, 0.05) is 39.2 Å². The van der Waals surface area contributed by atoms with Crippen molar-refractivity contribution in [1.82, 2.24) is 20.1 Å². The summed E-state index contributed by atoms with van der Waals surface area (Å²) in [7, 11) is 4.96. The van der Waals surface area contributed by atoms with Gasteiger partial charge in [-0.3, -0.25) is 14.9 Å². The van der Waals surface area contributed by atoms with E-state index in [0.717, 1.165) is 5.56 Å². The summed E-state index contributed by atoms with van der Waals surface area (Å²) < 4.78 is 16.5. The van der Waals surface area contributed by atoms with Crippen LogP contribution < -0.4 is 0 Å². The number of carbonyl (C=O) groups excluding carboxylic acids is 1. The van der Waals surface area contributed by atoms with Crippen LogP contribution in [-0.2, 0) is 14.2 Å². The first-order chi connectivity index (χ1) is 12.2. The summed E-state index contributed by atoms with van der Waals surface area (Å²) in [6, 6.07) is 5.16. The van der Waals surface area contributed by atoms with Gasteiger partial charge >= 0.3 is 0 Å². The number of amides is 1. The fourth-order valence-electron chi connectivity index (χ4n) is 3.03. The maximum Gasteiger partial charge on any atom is 0.272 e. The molecule has 2 aromatic rings. The fraction of sp³-hybridized carbons (Fsp3) is 0.471. The van der Waals surface area contributed by atoms with E-state index in [1.54, 1.807) is 44.6 Å². The van der Waals surface area contributed by atoms with E-state index in [2.05, 4.69) is 15.2 Å². The van der Waals surface area contributed by atoms with Gasteiger partial charge in [0.05, 0.1) is 24.9 Å². The lowest BCUT2D eigenvalue weighted by Gasteiger charge is -2.40. The van der Waals surface area contributed by atoms with Gasteiger partial charge in [0.1, 0.15) is 17.9 Å². The number of rotatable bonds is 5. The molecule has 1 N–H and O–H groups in total. The summed E-state index contributed by atoms with van der Waals surface area (Å²) in [5, 5.41) is 7.03. The minimum atomic E-state index is -0.254. The van der Waals surface area contributed by atoms with Gasteiger partial charge in [0.15, 0.2) is 0 Å². The van der Waals surface area contributed by atoms with Gasteiger partial charge in [-0.15, -0.1) is 0 Å². The first-order valence-electron chi connectivity index (χ1n) is 8.02. The molecule has 1 aliphatic rings. The van der Waals surface area contributed by atoms with Crippen LogP contribution in [0.3, 0.4) is 0 Å². The molecular formula is C17H22N4O4. The molecular weight excluding hydrogens is 324 g/mol. The topological polar surface area (TPSA) is 89.6 Å². The van der Waals surface area contributed by atoms with Crippen LogP contribution in [-0.4, -0.2) is 78.7 Å². The second-order valence-electron chi connectivity index (χ2n) is 5.90. The first-order valence-corrected chi connectivity index (χ1v) is 8.02. The van der Waals surface area contributed by atoms with Gasteiger partial charge in [-0.05, 0) is 18.2 Å². The average molecular weight is 346 g/mol. The number of carbonyl (C=O) groups is 1. The molecule has 8 nitrogen and oxygen atoms in total. The fourth-order valence-corrected chi connectivity index (χ4v) is 3.03. The number of aromatic amines is 1.